The van der Waals surface area contributed by atoms with Crippen molar-refractivity contribution >= 4 is 38.9 Å². The number of nitrogens with two attached hydrogens (primary N) is 1. The van der Waals surface area contributed by atoms with Gasteiger partial charge in [-0.1, -0.05) is 0 Å². The molecule has 2 aromatic heterocycles. The van der Waals surface area contributed by atoms with Crippen molar-refractivity contribution in [2.45, 2.75) is 13.5 Å². The Morgan fingerprint density at radius 1 is 1.35 bits per heavy atom. The summed E-state index contributed by atoms with van der Waals surface area (Å²) in [6, 6.07) is 3.85. The maximum atomic E-state index is 5.33. The summed E-state index contributed by atoms with van der Waals surface area (Å²) in [6.45, 7) is 2.56. The van der Waals surface area contributed by atoms with Crippen molar-refractivity contribution in [2.75, 3.05) is 10.7 Å². The van der Waals surface area contributed by atoms with Crippen LogP contribution in [0.1, 0.15) is 10.7 Å². The van der Waals surface area contributed by atoms with Crippen LogP contribution in [0.4, 0.5) is 11.6 Å². The quantitative estimate of drug-likeness (QED) is 0.597. The van der Waals surface area contributed by atoms with Gasteiger partial charge in [0.2, 0.25) is 0 Å². The van der Waals surface area contributed by atoms with Gasteiger partial charge in [-0.15, -0.1) is 11.3 Å². The number of nitrogens with one attached hydrogen (secondary N) is 2. The van der Waals surface area contributed by atoms with Crippen molar-refractivity contribution in [3.05, 3.63) is 32.7 Å². The second kappa shape index (κ2) is 5.44. The van der Waals surface area contributed by atoms with Gasteiger partial charge in [0.1, 0.15) is 17.5 Å². The van der Waals surface area contributed by atoms with Gasteiger partial charge in [0.15, 0.2) is 0 Å². The van der Waals surface area contributed by atoms with E-state index in [-0.39, 0.29) is 0 Å². The van der Waals surface area contributed by atoms with Gasteiger partial charge in [0.05, 0.1) is 6.54 Å². The van der Waals surface area contributed by atoms with Gasteiger partial charge < -0.3 is 10.7 Å². The first-order valence-electron chi connectivity index (χ1n) is 4.96. The van der Waals surface area contributed by atoms with Crippen molar-refractivity contribution in [1.29, 1.82) is 0 Å². The molecule has 0 unspecified atom stereocenters. The molecule has 0 aliphatic rings. The minimum absolute atomic E-state index is 0.604. The number of thiophene rings is 1. The standard InChI is InChI=1S/C10H12BrN5S/c1-6-14-9(3-10(15-6)16-12)13-4-8-2-7(11)5-17-8/h2-3,5H,4,12H2,1H3,(H2,13,14,15,16). The fraction of sp³-hybridized carbons (Fsp3) is 0.200. The number of aryl methyl sites for hydroxylation is 1. The Morgan fingerprint density at radius 2 is 2.12 bits per heavy atom. The zero-order valence-electron chi connectivity index (χ0n) is 9.20. The summed E-state index contributed by atoms with van der Waals surface area (Å²) in [4.78, 5) is 9.63. The molecule has 2 aromatic rings. The van der Waals surface area contributed by atoms with Crippen LogP contribution in [0.25, 0.3) is 0 Å². The lowest BCUT2D eigenvalue weighted by Gasteiger charge is -2.07. The number of hydrogen-bond acceptors (Lipinski definition) is 6. The molecule has 0 aliphatic heterocycles. The SMILES string of the molecule is Cc1nc(NN)cc(NCc2cc(Br)cs2)n1. The summed E-state index contributed by atoms with van der Waals surface area (Å²) >= 11 is 5.11. The Balaban J connectivity index is 2.05. The van der Waals surface area contributed by atoms with Gasteiger partial charge in [0, 0.05) is 20.8 Å². The van der Waals surface area contributed by atoms with Crippen molar-refractivity contribution in [3.8, 4) is 0 Å². The van der Waals surface area contributed by atoms with Crippen LogP contribution in [0.3, 0.4) is 0 Å². The topological polar surface area (TPSA) is 75.9 Å². The zero-order chi connectivity index (χ0) is 12.3. The van der Waals surface area contributed by atoms with E-state index in [1.165, 1.54) is 4.88 Å². The summed E-state index contributed by atoms with van der Waals surface area (Å²) in [5, 5.41) is 5.28. The van der Waals surface area contributed by atoms with Crippen LogP contribution in [-0.2, 0) is 6.54 Å². The van der Waals surface area contributed by atoms with Crippen molar-refractivity contribution in [3.63, 3.8) is 0 Å². The summed E-state index contributed by atoms with van der Waals surface area (Å²) < 4.78 is 1.10. The Bertz CT molecular complexity index is 513. The highest BCUT2D eigenvalue weighted by atomic mass is 79.9. The Labute approximate surface area is 112 Å². The lowest BCUT2D eigenvalue weighted by atomic mass is 10.4. The van der Waals surface area contributed by atoms with Crippen molar-refractivity contribution in [1.82, 2.24) is 9.97 Å². The maximum absolute atomic E-state index is 5.33. The highest BCUT2D eigenvalue weighted by molar-refractivity contribution is 9.10. The first-order valence-corrected chi connectivity index (χ1v) is 6.64. The Kier molecular flexibility index (Phi) is 3.93. The number of anilines is 2. The molecule has 4 N–H and O–H groups in total. The number of hydrazine groups is 1. The number of aromatic nitrogens is 2. The van der Waals surface area contributed by atoms with E-state index in [2.05, 4.69) is 48.1 Å². The van der Waals surface area contributed by atoms with Crippen LogP contribution < -0.4 is 16.6 Å². The third-order valence-electron chi connectivity index (χ3n) is 2.05. The van der Waals surface area contributed by atoms with E-state index < -0.39 is 0 Å². The first kappa shape index (κ1) is 12.3. The summed E-state index contributed by atoms with van der Waals surface area (Å²) in [5.74, 6) is 7.37. The normalized spacial score (nSPS) is 10.3. The van der Waals surface area contributed by atoms with Crippen LogP contribution in [0.15, 0.2) is 22.0 Å². The molecule has 0 bridgehead atoms. The van der Waals surface area contributed by atoms with Crippen molar-refractivity contribution < 1.29 is 0 Å². The second-order valence-electron chi connectivity index (χ2n) is 3.41. The molecule has 0 radical (unpaired) electrons. The van der Waals surface area contributed by atoms with Gasteiger partial charge in [-0.3, -0.25) is 0 Å². The fourth-order valence-corrected chi connectivity index (χ4v) is 2.75. The maximum Gasteiger partial charge on any atom is 0.145 e. The summed E-state index contributed by atoms with van der Waals surface area (Å²) in [5.41, 5.74) is 2.51. The highest BCUT2D eigenvalue weighted by Crippen LogP contribution is 2.20. The molecule has 2 heterocycles. The molecule has 5 nitrogen and oxygen atoms in total. The van der Waals surface area contributed by atoms with E-state index in [9.17, 15) is 0 Å². The van der Waals surface area contributed by atoms with E-state index in [0.717, 1.165) is 16.8 Å². The van der Waals surface area contributed by atoms with Gasteiger partial charge in [-0.2, -0.15) is 0 Å². The van der Waals surface area contributed by atoms with Crippen LogP contribution in [0.5, 0.6) is 0 Å². The minimum Gasteiger partial charge on any atom is -0.365 e. The molecule has 90 valence electrons. The van der Waals surface area contributed by atoms with Crippen LogP contribution >= 0.6 is 27.3 Å². The predicted octanol–water partition coefficient (Wildman–Crippen LogP) is 2.51. The molecule has 0 aromatic carbocycles. The molecule has 0 saturated carbocycles. The molecule has 17 heavy (non-hydrogen) atoms. The van der Waals surface area contributed by atoms with E-state index in [0.29, 0.717) is 11.6 Å². The van der Waals surface area contributed by atoms with Gasteiger partial charge >= 0.3 is 0 Å². The number of nitrogens with zero attached hydrogens (tertiary/aromatic N) is 2. The number of nitrogen functional groups attached to an aromatic ring is 1. The second-order valence-corrected chi connectivity index (χ2v) is 5.33. The predicted molar refractivity (Wildman–Crippen MR) is 73.9 cm³/mol. The molecular weight excluding hydrogens is 302 g/mol. The van der Waals surface area contributed by atoms with Gasteiger partial charge in [-0.05, 0) is 28.9 Å². The monoisotopic (exact) mass is 313 g/mol. The zero-order valence-corrected chi connectivity index (χ0v) is 11.6. The van der Waals surface area contributed by atoms with E-state index >= 15 is 0 Å². The van der Waals surface area contributed by atoms with Crippen LogP contribution in [-0.4, -0.2) is 9.97 Å². The van der Waals surface area contributed by atoms with E-state index in [1.54, 1.807) is 17.4 Å². The summed E-state index contributed by atoms with van der Waals surface area (Å²) in [7, 11) is 0. The molecule has 2 rings (SSSR count). The number of hydrogen-bond donors (Lipinski definition) is 3. The highest BCUT2D eigenvalue weighted by Gasteiger charge is 2.02. The Morgan fingerprint density at radius 3 is 2.76 bits per heavy atom. The van der Waals surface area contributed by atoms with Gasteiger partial charge in [0.25, 0.3) is 0 Å². The lowest BCUT2D eigenvalue weighted by Crippen LogP contribution is -2.11. The van der Waals surface area contributed by atoms with E-state index in [1.807, 2.05) is 6.92 Å². The lowest BCUT2D eigenvalue weighted by molar-refractivity contribution is 1.02. The Hall–Kier alpha value is -1.18. The minimum atomic E-state index is 0.604. The smallest absolute Gasteiger partial charge is 0.145 e. The average Bonchev–Trinajstić information content (AvgIpc) is 2.72. The molecule has 0 fully saturated rings. The average molecular weight is 314 g/mol. The van der Waals surface area contributed by atoms with Crippen LogP contribution in [0, 0.1) is 6.92 Å². The van der Waals surface area contributed by atoms with Crippen molar-refractivity contribution in [2.24, 2.45) is 5.84 Å². The largest absolute Gasteiger partial charge is 0.365 e. The van der Waals surface area contributed by atoms with E-state index in [4.69, 9.17) is 5.84 Å². The van der Waals surface area contributed by atoms with Crippen LogP contribution in [0.2, 0.25) is 0 Å². The first-order chi connectivity index (χ1) is 8.17. The number of rotatable bonds is 4. The third-order valence-corrected chi connectivity index (χ3v) is 3.75. The van der Waals surface area contributed by atoms with Gasteiger partial charge in [-0.25, -0.2) is 15.8 Å². The molecule has 0 amide bonds. The summed E-state index contributed by atoms with van der Waals surface area (Å²) in [6.07, 6.45) is 0. The molecule has 0 atom stereocenters. The molecular formula is C10H12BrN5S. The molecule has 0 spiro atoms. The number of halogens is 1. The molecule has 0 saturated heterocycles. The fourth-order valence-electron chi connectivity index (χ4n) is 1.36. The molecule has 7 heteroatoms. The molecule has 0 aliphatic carbocycles. The third kappa shape index (κ3) is 3.39.